The second-order valence-corrected chi connectivity index (χ2v) is 8.14. The smallest absolute Gasteiger partial charge is 0.229 e. The molecule has 0 unspecified atom stereocenters. The van der Waals surface area contributed by atoms with Crippen molar-refractivity contribution in [2.75, 3.05) is 24.6 Å². The van der Waals surface area contributed by atoms with Crippen LogP contribution in [0.25, 0.3) is 0 Å². The lowest BCUT2D eigenvalue weighted by Crippen LogP contribution is -2.47. The average Bonchev–Trinajstić information content (AvgIpc) is 2.74. The summed E-state index contributed by atoms with van der Waals surface area (Å²) in [4.78, 5) is 16.7. The van der Waals surface area contributed by atoms with E-state index in [2.05, 4.69) is 11.0 Å². The fourth-order valence-corrected chi connectivity index (χ4v) is 4.95. The molecule has 2 aromatic rings. The van der Waals surface area contributed by atoms with E-state index in [0.717, 1.165) is 11.3 Å². The molecule has 2 aliphatic rings. The molecule has 0 spiro atoms. The number of hydrogen-bond donors (Lipinski definition) is 1. The molecule has 2 aliphatic heterocycles. The number of anilines is 1. The quantitative estimate of drug-likeness (QED) is 0.788. The number of rotatable bonds is 3. The van der Waals surface area contributed by atoms with Gasteiger partial charge in [-0.3, -0.25) is 9.69 Å². The minimum Gasteiger partial charge on any atom is -0.504 e. The molecular weight excluding hydrogens is 410 g/mol. The van der Waals surface area contributed by atoms with Gasteiger partial charge in [-0.15, -0.1) is 0 Å². The number of methoxy groups -OCH3 is 1. The summed E-state index contributed by atoms with van der Waals surface area (Å²) in [5.74, 6) is 0.545. The molecular formula is C21H18ClN3O3S. The van der Waals surface area contributed by atoms with Gasteiger partial charge in [-0.1, -0.05) is 35.5 Å². The molecule has 8 heteroatoms. The Morgan fingerprint density at radius 2 is 2.14 bits per heavy atom. The molecule has 0 bridgehead atoms. The molecule has 2 aromatic carbocycles. The maximum absolute atomic E-state index is 13.0. The van der Waals surface area contributed by atoms with Gasteiger partial charge in [0.1, 0.15) is 0 Å². The lowest BCUT2D eigenvalue weighted by atomic mass is 9.86. The second kappa shape index (κ2) is 7.90. The van der Waals surface area contributed by atoms with Crippen LogP contribution in [0.15, 0.2) is 53.1 Å². The molecule has 0 aliphatic carbocycles. The number of allylic oxidation sites excluding steroid dienone is 1. The summed E-state index contributed by atoms with van der Waals surface area (Å²) < 4.78 is 5.18. The Kier molecular flexibility index (Phi) is 5.31. The third-order valence-electron chi connectivity index (χ3n) is 5.07. The highest BCUT2D eigenvalue weighted by atomic mass is 35.5. The summed E-state index contributed by atoms with van der Waals surface area (Å²) in [6.45, 7) is 0.373. The highest BCUT2D eigenvalue weighted by molar-refractivity contribution is 8.03. The predicted molar refractivity (Wildman–Crippen MR) is 113 cm³/mol. The predicted octanol–water partition coefficient (Wildman–Crippen LogP) is 4.27. The Morgan fingerprint density at radius 1 is 1.31 bits per heavy atom. The van der Waals surface area contributed by atoms with Gasteiger partial charge < -0.3 is 14.7 Å². The first kappa shape index (κ1) is 19.5. The van der Waals surface area contributed by atoms with Crippen LogP contribution in [0, 0.1) is 11.3 Å². The summed E-state index contributed by atoms with van der Waals surface area (Å²) in [5.41, 5.74) is 2.27. The van der Waals surface area contributed by atoms with Gasteiger partial charge in [-0.25, -0.2) is 0 Å². The number of fused-ring (bicyclic) bond motifs is 1. The number of benzene rings is 2. The van der Waals surface area contributed by atoms with Gasteiger partial charge in [-0.2, -0.15) is 5.26 Å². The monoisotopic (exact) mass is 427 g/mol. The zero-order chi connectivity index (χ0) is 20.5. The molecule has 0 saturated carbocycles. The van der Waals surface area contributed by atoms with Crippen LogP contribution in [0.1, 0.15) is 17.9 Å². The third-order valence-corrected chi connectivity index (χ3v) is 6.46. The second-order valence-electron chi connectivity index (χ2n) is 6.77. The summed E-state index contributed by atoms with van der Waals surface area (Å²) in [6.07, 6.45) is 0.185. The van der Waals surface area contributed by atoms with Crippen LogP contribution in [0.2, 0.25) is 5.02 Å². The molecule has 1 atom stereocenters. The lowest BCUT2D eigenvalue weighted by molar-refractivity contribution is -0.129. The summed E-state index contributed by atoms with van der Waals surface area (Å²) >= 11 is 7.57. The van der Waals surface area contributed by atoms with Crippen molar-refractivity contribution in [1.29, 1.82) is 5.26 Å². The molecule has 1 saturated heterocycles. The van der Waals surface area contributed by atoms with E-state index in [-0.39, 0.29) is 24.0 Å². The molecule has 2 heterocycles. The number of amides is 1. The first-order valence-electron chi connectivity index (χ1n) is 8.96. The van der Waals surface area contributed by atoms with Crippen molar-refractivity contribution in [2.24, 2.45) is 0 Å². The normalized spacial score (nSPS) is 19.1. The fourth-order valence-electron chi connectivity index (χ4n) is 3.59. The number of aromatic hydroxyl groups is 1. The van der Waals surface area contributed by atoms with Crippen LogP contribution in [0.4, 0.5) is 5.69 Å². The first-order valence-corrected chi connectivity index (χ1v) is 10.3. The number of halogens is 1. The molecule has 4 rings (SSSR count). The highest BCUT2D eigenvalue weighted by Gasteiger charge is 2.38. The van der Waals surface area contributed by atoms with E-state index in [4.69, 9.17) is 16.3 Å². The van der Waals surface area contributed by atoms with Gasteiger partial charge in [0.05, 0.1) is 36.3 Å². The molecule has 1 N–H and O–H groups in total. The van der Waals surface area contributed by atoms with E-state index < -0.39 is 0 Å². The minimum atomic E-state index is -0.363. The topological polar surface area (TPSA) is 76.8 Å². The number of nitrogens with zero attached hydrogens (tertiary/aromatic N) is 3. The van der Waals surface area contributed by atoms with E-state index in [9.17, 15) is 15.2 Å². The maximum atomic E-state index is 13.0. The van der Waals surface area contributed by atoms with Crippen LogP contribution < -0.4 is 9.64 Å². The molecule has 6 nitrogen and oxygen atoms in total. The molecule has 1 amide bonds. The van der Waals surface area contributed by atoms with Gasteiger partial charge in [0.25, 0.3) is 0 Å². The number of hydrogen-bond acceptors (Lipinski definition) is 6. The van der Waals surface area contributed by atoms with E-state index in [0.29, 0.717) is 33.9 Å². The van der Waals surface area contributed by atoms with Gasteiger partial charge in [-0.05, 0) is 35.9 Å². The third kappa shape index (κ3) is 3.61. The summed E-state index contributed by atoms with van der Waals surface area (Å²) in [7, 11) is 1.47. The highest BCUT2D eigenvalue weighted by Crippen LogP contribution is 2.44. The van der Waals surface area contributed by atoms with Crippen molar-refractivity contribution >= 4 is 35.0 Å². The molecule has 0 aromatic heterocycles. The largest absolute Gasteiger partial charge is 0.504 e. The van der Waals surface area contributed by atoms with E-state index in [1.165, 1.54) is 24.9 Å². The molecule has 29 heavy (non-hydrogen) atoms. The van der Waals surface area contributed by atoms with Crippen molar-refractivity contribution in [3.8, 4) is 17.6 Å². The van der Waals surface area contributed by atoms with Crippen LogP contribution in [0.3, 0.4) is 0 Å². The van der Waals surface area contributed by atoms with Gasteiger partial charge >= 0.3 is 0 Å². The van der Waals surface area contributed by atoms with Crippen molar-refractivity contribution in [3.05, 3.63) is 63.7 Å². The molecule has 1 fully saturated rings. The van der Waals surface area contributed by atoms with Crippen molar-refractivity contribution in [1.82, 2.24) is 4.90 Å². The Labute approximate surface area is 177 Å². The van der Waals surface area contributed by atoms with Crippen molar-refractivity contribution in [3.63, 3.8) is 0 Å². The van der Waals surface area contributed by atoms with E-state index >= 15 is 0 Å². The number of phenolic OH excluding ortho intramolecular Hbond substituents is 1. The molecule has 0 radical (unpaired) electrons. The zero-order valence-electron chi connectivity index (χ0n) is 15.6. The van der Waals surface area contributed by atoms with Gasteiger partial charge in [0.2, 0.25) is 5.91 Å². The standard InChI is InChI=1S/C21H18ClN3O3S/c1-28-19-7-13(5-6-18(19)26)16-9-20(27)25-11-24(12-29-21(25)17(16)10-23)15-4-2-3-14(22)8-15/h2-8,16,26H,9,11-12H2,1H3/t16-/m0/s1. The van der Waals surface area contributed by atoms with Crippen LogP contribution in [-0.4, -0.2) is 35.6 Å². The van der Waals surface area contributed by atoms with Crippen molar-refractivity contribution < 1.29 is 14.6 Å². The zero-order valence-corrected chi connectivity index (χ0v) is 17.2. The number of carbonyl (C=O) groups excluding carboxylic acids is 1. The average molecular weight is 428 g/mol. The SMILES string of the molecule is COc1cc([C@@H]2CC(=O)N3CN(c4cccc(Cl)c4)CSC3=C2C#N)ccc1O. The number of nitriles is 1. The van der Waals surface area contributed by atoms with Crippen LogP contribution >= 0.6 is 23.4 Å². The van der Waals surface area contributed by atoms with Crippen molar-refractivity contribution in [2.45, 2.75) is 12.3 Å². The fraction of sp³-hybridized carbons (Fsp3) is 0.238. The Bertz CT molecular complexity index is 1050. The Balaban J connectivity index is 1.68. The number of ether oxygens (including phenoxy) is 1. The maximum Gasteiger partial charge on any atom is 0.229 e. The summed E-state index contributed by atoms with van der Waals surface area (Å²) in [5, 5.41) is 21.1. The number of phenols is 1. The van der Waals surface area contributed by atoms with E-state index in [1.54, 1.807) is 17.0 Å². The minimum absolute atomic E-state index is 0.0235. The van der Waals surface area contributed by atoms with E-state index in [1.807, 2.05) is 24.3 Å². The first-order chi connectivity index (χ1) is 14.0. The van der Waals surface area contributed by atoms with Gasteiger partial charge in [0.15, 0.2) is 11.5 Å². The Morgan fingerprint density at radius 3 is 2.86 bits per heavy atom. The number of thioether (sulfide) groups is 1. The summed E-state index contributed by atoms with van der Waals surface area (Å²) in [6, 6.07) is 14.8. The molecule has 148 valence electrons. The Hall–Kier alpha value is -2.82. The van der Waals surface area contributed by atoms with Gasteiger partial charge in [0, 0.05) is 23.0 Å². The van der Waals surface area contributed by atoms with Crippen LogP contribution in [0.5, 0.6) is 11.5 Å². The lowest BCUT2D eigenvalue weighted by Gasteiger charge is -2.42. The number of carbonyl (C=O) groups is 1. The van der Waals surface area contributed by atoms with Crippen LogP contribution in [-0.2, 0) is 4.79 Å².